The average molecular weight is 580 g/mol. The van der Waals surface area contributed by atoms with Crippen LogP contribution in [-0.2, 0) is 14.3 Å². The van der Waals surface area contributed by atoms with Gasteiger partial charge in [0.1, 0.15) is 0 Å². The van der Waals surface area contributed by atoms with Crippen molar-refractivity contribution < 1.29 is 14.3 Å². The number of hydrogen-bond acceptors (Lipinski definition) is 7. The number of carbonyl (C=O) groups is 1. The van der Waals surface area contributed by atoms with Crippen molar-refractivity contribution in [1.82, 2.24) is 20.9 Å². The first-order valence-corrected chi connectivity index (χ1v) is 16.5. The lowest BCUT2D eigenvalue weighted by molar-refractivity contribution is -0.124. The number of nitrogens with zero attached hydrogens (tertiary/aromatic N) is 2. The van der Waals surface area contributed by atoms with Crippen molar-refractivity contribution in [1.29, 1.82) is 5.26 Å². The van der Waals surface area contributed by atoms with Crippen LogP contribution in [0.3, 0.4) is 0 Å². The molecule has 0 aromatic carbocycles. The van der Waals surface area contributed by atoms with Gasteiger partial charge < -0.3 is 30.3 Å². The summed E-state index contributed by atoms with van der Waals surface area (Å²) in [4.78, 5) is 15.0. The Morgan fingerprint density at radius 2 is 1.88 bits per heavy atom. The third-order valence-corrected chi connectivity index (χ3v) is 10.2. The SMILES string of the molecule is CCOC1CC2NCC(C#N)C(NC3CCC(OCC4CCCCC4)C(Cl)C3)C2CC1NC(=O)CCCN(C)C. The van der Waals surface area contributed by atoms with Gasteiger partial charge in [-0.05, 0) is 90.8 Å². The number of amides is 1. The van der Waals surface area contributed by atoms with Crippen LogP contribution < -0.4 is 16.0 Å². The molecule has 0 aromatic rings. The fourth-order valence-corrected chi connectivity index (χ4v) is 8.01. The first-order valence-electron chi connectivity index (χ1n) is 16.1. The lowest BCUT2D eigenvalue weighted by Crippen LogP contribution is -2.66. The molecule has 0 aromatic heterocycles. The maximum Gasteiger partial charge on any atom is 0.220 e. The molecule has 228 valence electrons. The molecule has 4 rings (SSSR count). The second-order valence-electron chi connectivity index (χ2n) is 13.1. The van der Waals surface area contributed by atoms with Crippen LogP contribution in [-0.4, -0.2) is 93.0 Å². The van der Waals surface area contributed by atoms with Gasteiger partial charge in [-0.15, -0.1) is 11.6 Å². The van der Waals surface area contributed by atoms with Crippen molar-refractivity contribution >= 4 is 17.5 Å². The molecule has 1 aliphatic heterocycles. The number of carbonyl (C=O) groups excluding carboxylic acids is 1. The number of nitriles is 1. The van der Waals surface area contributed by atoms with Gasteiger partial charge in [0.15, 0.2) is 0 Å². The van der Waals surface area contributed by atoms with Crippen LogP contribution in [0.2, 0.25) is 0 Å². The fourth-order valence-electron chi connectivity index (χ4n) is 7.60. The summed E-state index contributed by atoms with van der Waals surface area (Å²) in [6.45, 7) is 5.07. The van der Waals surface area contributed by atoms with Crippen LogP contribution in [0.25, 0.3) is 0 Å². The zero-order chi connectivity index (χ0) is 28.5. The average Bonchev–Trinajstić information content (AvgIpc) is 2.94. The van der Waals surface area contributed by atoms with Gasteiger partial charge in [0, 0.05) is 44.3 Å². The van der Waals surface area contributed by atoms with Crippen LogP contribution in [0, 0.1) is 29.1 Å². The van der Waals surface area contributed by atoms with Gasteiger partial charge in [-0.25, -0.2) is 0 Å². The number of nitrogens with one attached hydrogen (secondary N) is 3. The third-order valence-electron chi connectivity index (χ3n) is 9.79. The van der Waals surface area contributed by atoms with Gasteiger partial charge >= 0.3 is 0 Å². The van der Waals surface area contributed by atoms with Crippen LogP contribution >= 0.6 is 11.6 Å². The number of fused-ring (bicyclic) bond motifs is 1. The van der Waals surface area contributed by atoms with E-state index in [0.29, 0.717) is 25.5 Å². The van der Waals surface area contributed by atoms with Crippen LogP contribution in [0.4, 0.5) is 0 Å². The molecule has 0 radical (unpaired) electrons. The molecule has 9 atom stereocenters. The molecule has 1 heterocycles. The topological polar surface area (TPSA) is 98.6 Å². The minimum absolute atomic E-state index is 0.00391. The van der Waals surface area contributed by atoms with Crippen LogP contribution in [0.15, 0.2) is 0 Å². The molecule has 3 aliphatic carbocycles. The maximum atomic E-state index is 12.8. The molecule has 9 heteroatoms. The summed E-state index contributed by atoms with van der Waals surface area (Å²) >= 11 is 6.91. The summed E-state index contributed by atoms with van der Waals surface area (Å²) in [5.41, 5.74) is 0. The summed E-state index contributed by atoms with van der Waals surface area (Å²) in [5.74, 6) is 0.924. The van der Waals surface area contributed by atoms with Crippen molar-refractivity contribution in [2.24, 2.45) is 17.8 Å². The van der Waals surface area contributed by atoms with Crippen molar-refractivity contribution in [2.75, 3.05) is 40.4 Å². The second-order valence-corrected chi connectivity index (χ2v) is 13.6. The zero-order valence-corrected chi connectivity index (χ0v) is 25.8. The van der Waals surface area contributed by atoms with E-state index in [1.807, 2.05) is 21.0 Å². The van der Waals surface area contributed by atoms with Gasteiger partial charge in [-0.3, -0.25) is 4.79 Å². The van der Waals surface area contributed by atoms with Crippen LogP contribution in [0.5, 0.6) is 0 Å². The van der Waals surface area contributed by atoms with Crippen molar-refractivity contribution in [3.63, 3.8) is 0 Å². The van der Waals surface area contributed by atoms with E-state index in [9.17, 15) is 10.1 Å². The molecule has 40 heavy (non-hydrogen) atoms. The Bertz CT molecular complexity index is 819. The molecule has 3 N–H and O–H groups in total. The smallest absolute Gasteiger partial charge is 0.220 e. The Labute approximate surface area is 247 Å². The van der Waals surface area contributed by atoms with Crippen molar-refractivity contribution in [3.8, 4) is 6.07 Å². The number of alkyl halides is 1. The Kier molecular flexibility index (Phi) is 12.8. The normalized spacial score (nSPS) is 37.0. The van der Waals surface area contributed by atoms with E-state index in [4.69, 9.17) is 21.1 Å². The Hall–Kier alpha value is -0.950. The highest BCUT2D eigenvalue weighted by Gasteiger charge is 2.47. The van der Waals surface area contributed by atoms with E-state index in [-0.39, 0.29) is 59.5 Å². The third kappa shape index (κ3) is 9.02. The van der Waals surface area contributed by atoms with Crippen LogP contribution in [0.1, 0.15) is 84.0 Å². The molecule has 0 bridgehead atoms. The molecule has 1 amide bonds. The molecule has 9 unspecified atom stereocenters. The molecule has 4 aliphatic rings. The summed E-state index contributed by atoms with van der Waals surface area (Å²) in [5, 5.41) is 21.0. The quantitative estimate of drug-likeness (QED) is 0.302. The van der Waals surface area contributed by atoms with E-state index in [1.165, 1.54) is 32.1 Å². The van der Waals surface area contributed by atoms with E-state index in [0.717, 1.165) is 51.7 Å². The lowest BCUT2D eigenvalue weighted by Gasteiger charge is -2.50. The highest BCUT2D eigenvalue weighted by molar-refractivity contribution is 6.21. The first kappa shape index (κ1) is 32.0. The molecule has 0 spiro atoms. The summed E-state index contributed by atoms with van der Waals surface area (Å²) in [7, 11) is 4.06. The largest absolute Gasteiger partial charge is 0.376 e. The monoisotopic (exact) mass is 579 g/mol. The minimum Gasteiger partial charge on any atom is -0.376 e. The Morgan fingerprint density at radius 3 is 2.58 bits per heavy atom. The Morgan fingerprint density at radius 1 is 1.07 bits per heavy atom. The minimum atomic E-state index is -0.115. The molecular weight excluding hydrogens is 526 g/mol. The molecule has 1 saturated heterocycles. The van der Waals surface area contributed by atoms with Crippen molar-refractivity contribution in [2.45, 2.75) is 126 Å². The van der Waals surface area contributed by atoms with Gasteiger partial charge in [0.25, 0.3) is 0 Å². The number of hydrogen-bond donors (Lipinski definition) is 3. The van der Waals surface area contributed by atoms with Gasteiger partial charge in [0.2, 0.25) is 5.91 Å². The molecule has 8 nitrogen and oxygen atoms in total. The van der Waals surface area contributed by atoms with Gasteiger partial charge in [-0.2, -0.15) is 5.26 Å². The fraction of sp³-hybridized carbons (Fsp3) is 0.935. The number of ether oxygens (including phenoxy) is 2. The maximum absolute atomic E-state index is 12.8. The first-order chi connectivity index (χ1) is 19.4. The molecule has 3 saturated carbocycles. The lowest BCUT2D eigenvalue weighted by atomic mass is 9.69. The summed E-state index contributed by atoms with van der Waals surface area (Å²) < 4.78 is 12.5. The van der Waals surface area contributed by atoms with Crippen molar-refractivity contribution in [3.05, 3.63) is 0 Å². The Balaban J connectivity index is 1.34. The second kappa shape index (κ2) is 16.0. The van der Waals surface area contributed by atoms with E-state index in [1.54, 1.807) is 0 Å². The van der Waals surface area contributed by atoms with Gasteiger partial charge in [0.05, 0.1) is 35.6 Å². The summed E-state index contributed by atoms with van der Waals surface area (Å²) in [6, 6.07) is 3.15. The molecule has 4 fully saturated rings. The molecular formula is C31H54ClN5O3. The zero-order valence-electron chi connectivity index (χ0n) is 25.1. The summed E-state index contributed by atoms with van der Waals surface area (Å²) in [6.07, 6.45) is 12.6. The van der Waals surface area contributed by atoms with E-state index in [2.05, 4.69) is 26.9 Å². The predicted octanol–water partition coefficient (Wildman–Crippen LogP) is 3.82. The highest BCUT2D eigenvalue weighted by atomic mass is 35.5. The van der Waals surface area contributed by atoms with Gasteiger partial charge in [-0.1, -0.05) is 19.3 Å². The van der Waals surface area contributed by atoms with E-state index < -0.39 is 0 Å². The predicted molar refractivity (Wildman–Crippen MR) is 159 cm³/mol. The van der Waals surface area contributed by atoms with E-state index >= 15 is 0 Å². The number of rotatable bonds is 12. The number of halogens is 1. The standard InChI is InChI=1S/C31H54ClN5O3/c1-4-39-29-17-26-24(16-27(29)36-30(38)11-8-14-37(2)3)31(22(18-33)19-34-26)35-23-12-13-28(25(32)15-23)40-20-21-9-6-5-7-10-21/h21-29,31,34-35H,4-17,19-20H2,1-3H3,(H,36,38). The number of piperidine rings is 1. The highest BCUT2D eigenvalue weighted by Crippen LogP contribution is 2.37.